The van der Waals surface area contributed by atoms with Crippen LogP contribution >= 0.6 is 24.8 Å². The number of rotatable bonds is 7. The van der Waals surface area contributed by atoms with Gasteiger partial charge in [0.25, 0.3) is 0 Å². The van der Waals surface area contributed by atoms with Gasteiger partial charge in [0.05, 0.1) is 6.61 Å². The standard InChI is InChI=1S/C24H34N2O2.2ClH/c1-5-27-22-17-20(23(24(2,3)4)26-15-13-25-14-16-26)11-12-21(22)28-18-19-9-7-6-8-10-19;;/h6-12,17,23,25H,5,13-16,18H2,1-4H3;2*1H/t23-;;/m1../s1. The van der Waals surface area contributed by atoms with Crippen molar-refractivity contribution in [1.82, 2.24) is 10.2 Å². The van der Waals surface area contributed by atoms with Crippen LogP contribution in [0.1, 0.15) is 44.9 Å². The fourth-order valence-electron chi connectivity index (χ4n) is 4.02. The quantitative estimate of drug-likeness (QED) is 0.598. The third-order valence-corrected chi connectivity index (χ3v) is 5.16. The summed E-state index contributed by atoms with van der Waals surface area (Å²) in [7, 11) is 0. The molecule has 1 saturated heterocycles. The summed E-state index contributed by atoms with van der Waals surface area (Å²) < 4.78 is 12.1. The molecule has 0 radical (unpaired) electrons. The maximum atomic E-state index is 6.09. The van der Waals surface area contributed by atoms with Crippen molar-refractivity contribution < 1.29 is 9.47 Å². The number of hydrogen-bond donors (Lipinski definition) is 1. The molecule has 2 aromatic carbocycles. The molecule has 0 amide bonds. The van der Waals surface area contributed by atoms with E-state index in [0.29, 0.717) is 19.3 Å². The van der Waals surface area contributed by atoms with Gasteiger partial charge in [-0.25, -0.2) is 0 Å². The highest BCUT2D eigenvalue weighted by atomic mass is 35.5. The Hall–Kier alpha value is -1.46. The molecule has 0 saturated carbocycles. The van der Waals surface area contributed by atoms with E-state index in [4.69, 9.17) is 9.47 Å². The number of nitrogens with one attached hydrogen (secondary N) is 1. The Labute approximate surface area is 194 Å². The van der Waals surface area contributed by atoms with Crippen molar-refractivity contribution in [3.63, 3.8) is 0 Å². The highest BCUT2D eigenvalue weighted by Gasteiger charge is 2.33. The van der Waals surface area contributed by atoms with Gasteiger partial charge in [0.15, 0.2) is 11.5 Å². The highest BCUT2D eigenvalue weighted by Crippen LogP contribution is 2.41. The molecular formula is C24H36Cl2N2O2. The Morgan fingerprint density at radius 3 is 2.20 bits per heavy atom. The summed E-state index contributed by atoms with van der Waals surface area (Å²) in [6, 6.07) is 17.1. The SMILES string of the molecule is CCOc1cc([C@@H](N2CCNCC2)C(C)(C)C)ccc1OCc1ccccc1.Cl.Cl. The van der Waals surface area contributed by atoms with Crippen molar-refractivity contribution in [2.75, 3.05) is 32.8 Å². The van der Waals surface area contributed by atoms with Crippen LogP contribution in [0.25, 0.3) is 0 Å². The number of piperazine rings is 1. The maximum absolute atomic E-state index is 6.09. The lowest BCUT2D eigenvalue weighted by molar-refractivity contribution is 0.0859. The number of benzene rings is 2. The van der Waals surface area contributed by atoms with Crippen LogP contribution in [-0.4, -0.2) is 37.7 Å². The van der Waals surface area contributed by atoms with Gasteiger partial charge in [0, 0.05) is 32.2 Å². The normalized spacial score (nSPS) is 15.5. The van der Waals surface area contributed by atoms with Gasteiger partial charge in [-0.15, -0.1) is 24.8 Å². The summed E-state index contributed by atoms with van der Waals surface area (Å²) in [5.74, 6) is 1.64. The van der Waals surface area contributed by atoms with Gasteiger partial charge in [-0.1, -0.05) is 57.2 Å². The average Bonchev–Trinajstić information content (AvgIpc) is 2.68. The first-order chi connectivity index (χ1) is 13.5. The molecule has 0 aromatic heterocycles. The zero-order valence-electron chi connectivity index (χ0n) is 18.5. The van der Waals surface area contributed by atoms with Gasteiger partial charge >= 0.3 is 0 Å². The molecule has 0 spiro atoms. The largest absolute Gasteiger partial charge is 0.490 e. The summed E-state index contributed by atoms with van der Waals surface area (Å²) in [6.07, 6.45) is 0. The van der Waals surface area contributed by atoms with E-state index < -0.39 is 0 Å². The Morgan fingerprint density at radius 1 is 0.933 bits per heavy atom. The molecule has 1 aliphatic heterocycles. The molecule has 0 bridgehead atoms. The molecule has 30 heavy (non-hydrogen) atoms. The molecule has 1 atom stereocenters. The van der Waals surface area contributed by atoms with Crippen LogP contribution in [0.5, 0.6) is 11.5 Å². The Morgan fingerprint density at radius 2 is 1.60 bits per heavy atom. The minimum absolute atomic E-state index is 0. The first-order valence-electron chi connectivity index (χ1n) is 10.4. The lowest BCUT2D eigenvalue weighted by Crippen LogP contribution is -2.48. The lowest BCUT2D eigenvalue weighted by Gasteiger charge is -2.42. The van der Waals surface area contributed by atoms with Crippen LogP contribution in [0.3, 0.4) is 0 Å². The van der Waals surface area contributed by atoms with E-state index in [0.717, 1.165) is 43.2 Å². The lowest BCUT2D eigenvalue weighted by atomic mass is 9.81. The topological polar surface area (TPSA) is 33.7 Å². The third kappa shape index (κ3) is 7.05. The Kier molecular flexibility index (Phi) is 11.0. The summed E-state index contributed by atoms with van der Waals surface area (Å²) in [5, 5.41) is 3.46. The maximum Gasteiger partial charge on any atom is 0.161 e. The van der Waals surface area contributed by atoms with E-state index >= 15 is 0 Å². The summed E-state index contributed by atoms with van der Waals surface area (Å²) in [4.78, 5) is 2.59. The predicted molar refractivity (Wildman–Crippen MR) is 130 cm³/mol. The number of hydrogen-bond acceptors (Lipinski definition) is 4. The first-order valence-corrected chi connectivity index (χ1v) is 10.4. The van der Waals surface area contributed by atoms with Crippen molar-refractivity contribution in [3.05, 3.63) is 59.7 Å². The van der Waals surface area contributed by atoms with E-state index in [9.17, 15) is 0 Å². The average molecular weight is 455 g/mol. The van der Waals surface area contributed by atoms with Crippen LogP contribution < -0.4 is 14.8 Å². The van der Waals surface area contributed by atoms with Gasteiger partial charge in [-0.2, -0.15) is 0 Å². The second-order valence-electron chi connectivity index (χ2n) is 8.47. The van der Waals surface area contributed by atoms with E-state index in [1.807, 2.05) is 25.1 Å². The van der Waals surface area contributed by atoms with Crippen LogP contribution in [-0.2, 0) is 6.61 Å². The fraction of sp³-hybridized carbons (Fsp3) is 0.500. The van der Waals surface area contributed by atoms with E-state index in [2.05, 4.69) is 61.3 Å². The van der Waals surface area contributed by atoms with Crippen LogP contribution in [0.2, 0.25) is 0 Å². The number of ether oxygens (including phenoxy) is 2. The van der Waals surface area contributed by atoms with Gasteiger partial charge in [0.1, 0.15) is 6.61 Å². The minimum Gasteiger partial charge on any atom is -0.490 e. The zero-order valence-corrected chi connectivity index (χ0v) is 20.2. The summed E-state index contributed by atoms with van der Waals surface area (Å²) in [5.41, 5.74) is 2.58. The number of nitrogens with zero attached hydrogens (tertiary/aromatic N) is 1. The van der Waals surface area contributed by atoms with Crippen LogP contribution in [0.4, 0.5) is 0 Å². The van der Waals surface area contributed by atoms with E-state index in [-0.39, 0.29) is 30.2 Å². The monoisotopic (exact) mass is 454 g/mol. The van der Waals surface area contributed by atoms with Crippen LogP contribution in [0.15, 0.2) is 48.5 Å². The molecule has 1 heterocycles. The van der Waals surface area contributed by atoms with Crippen LogP contribution in [0, 0.1) is 5.41 Å². The van der Waals surface area contributed by atoms with E-state index in [1.54, 1.807) is 0 Å². The third-order valence-electron chi connectivity index (χ3n) is 5.16. The second kappa shape index (κ2) is 12.4. The molecule has 4 nitrogen and oxygen atoms in total. The first kappa shape index (κ1) is 26.6. The second-order valence-corrected chi connectivity index (χ2v) is 8.47. The van der Waals surface area contributed by atoms with Crippen molar-refractivity contribution in [2.45, 2.75) is 40.3 Å². The fourth-order valence-corrected chi connectivity index (χ4v) is 4.02. The Bertz CT molecular complexity index is 745. The zero-order chi connectivity index (χ0) is 20.0. The van der Waals surface area contributed by atoms with Crippen molar-refractivity contribution >= 4 is 24.8 Å². The highest BCUT2D eigenvalue weighted by molar-refractivity contribution is 5.85. The number of halogens is 2. The minimum atomic E-state index is 0. The van der Waals surface area contributed by atoms with Gasteiger partial charge < -0.3 is 14.8 Å². The van der Waals surface area contributed by atoms with Crippen molar-refractivity contribution in [3.8, 4) is 11.5 Å². The van der Waals surface area contributed by atoms with Crippen molar-refractivity contribution in [2.24, 2.45) is 5.41 Å². The summed E-state index contributed by atoms with van der Waals surface area (Å²) in [6.45, 7) is 14.4. The molecule has 3 rings (SSSR count). The Balaban J connectivity index is 0.00000225. The molecular weight excluding hydrogens is 419 g/mol. The van der Waals surface area contributed by atoms with Gasteiger partial charge in [-0.3, -0.25) is 4.90 Å². The summed E-state index contributed by atoms with van der Waals surface area (Å²) >= 11 is 0. The van der Waals surface area contributed by atoms with E-state index in [1.165, 1.54) is 5.56 Å². The molecule has 1 N–H and O–H groups in total. The van der Waals surface area contributed by atoms with Crippen molar-refractivity contribution in [1.29, 1.82) is 0 Å². The molecule has 1 fully saturated rings. The molecule has 1 aliphatic rings. The van der Waals surface area contributed by atoms with Gasteiger partial charge in [0.2, 0.25) is 0 Å². The molecule has 2 aromatic rings. The van der Waals surface area contributed by atoms with Gasteiger partial charge in [-0.05, 0) is 35.6 Å². The molecule has 0 unspecified atom stereocenters. The molecule has 0 aliphatic carbocycles. The smallest absolute Gasteiger partial charge is 0.161 e. The molecule has 168 valence electrons. The molecule has 6 heteroatoms. The predicted octanol–water partition coefficient (Wildman–Crippen LogP) is 5.50.